The predicted molar refractivity (Wildman–Crippen MR) is 63.2 cm³/mol. The highest BCUT2D eigenvalue weighted by atomic mass is 35.5. The van der Waals surface area contributed by atoms with Crippen molar-refractivity contribution in [1.29, 1.82) is 0 Å². The van der Waals surface area contributed by atoms with E-state index in [-0.39, 0.29) is 18.3 Å². The Morgan fingerprint density at radius 3 is 2.47 bits per heavy atom. The van der Waals surface area contributed by atoms with E-state index >= 15 is 0 Å². The summed E-state index contributed by atoms with van der Waals surface area (Å²) in [6.45, 7) is 6.15. The molecule has 2 heterocycles. The minimum absolute atomic E-state index is 0. The molecule has 1 atom stereocenters. The number of hydrogen-bond acceptors (Lipinski definition) is 2. The highest BCUT2D eigenvalue weighted by molar-refractivity contribution is 5.85. The average Bonchev–Trinajstić information content (AvgIpc) is 2.71. The van der Waals surface area contributed by atoms with Crippen LogP contribution in [0.2, 0.25) is 0 Å². The normalized spacial score (nSPS) is 27.5. The quantitative estimate of drug-likeness (QED) is 0.739. The summed E-state index contributed by atoms with van der Waals surface area (Å²) in [6, 6.07) is 0. The first-order valence-electron chi connectivity index (χ1n) is 5.77. The van der Waals surface area contributed by atoms with Gasteiger partial charge < -0.3 is 10.2 Å². The number of amides is 1. The van der Waals surface area contributed by atoms with Crippen LogP contribution in [0, 0.1) is 11.8 Å². The van der Waals surface area contributed by atoms with Crippen molar-refractivity contribution in [1.82, 2.24) is 10.2 Å². The molecule has 0 saturated carbocycles. The number of carbonyl (C=O) groups excluding carboxylic acids is 1. The van der Waals surface area contributed by atoms with E-state index < -0.39 is 0 Å². The molecule has 2 aliphatic rings. The number of piperidine rings is 1. The molecule has 0 radical (unpaired) electrons. The minimum Gasteiger partial charge on any atom is -0.342 e. The van der Waals surface area contributed by atoms with E-state index in [1.165, 1.54) is 12.8 Å². The maximum atomic E-state index is 12.0. The molecule has 2 aliphatic heterocycles. The van der Waals surface area contributed by atoms with Crippen LogP contribution in [0.1, 0.15) is 26.2 Å². The third-order valence-electron chi connectivity index (χ3n) is 3.50. The highest BCUT2D eigenvalue weighted by Gasteiger charge is 2.28. The maximum Gasteiger partial charge on any atom is 0.227 e. The van der Waals surface area contributed by atoms with Crippen LogP contribution < -0.4 is 5.32 Å². The van der Waals surface area contributed by atoms with E-state index in [0.717, 1.165) is 38.5 Å². The standard InChI is InChI=1S/C11H20N2O.ClH/c1-9-3-6-13(7-4-9)11(14)10-2-5-12-8-10;/h9-10,12H,2-8H2,1H3;1H/t10-;/m1./s1. The molecular formula is C11H21ClN2O. The van der Waals surface area contributed by atoms with Gasteiger partial charge in [0.25, 0.3) is 0 Å². The number of nitrogens with one attached hydrogen (secondary N) is 1. The Balaban J connectivity index is 0.00000112. The van der Waals surface area contributed by atoms with Crippen LogP contribution in [0.15, 0.2) is 0 Å². The second-order valence-electron chi connectivity index (χ2n) is 4.70. The van der Waals surface area contributed by atoms with Gasteiger partial charge in [0, 0.05) is 19.6 Å². The lowest BCUT2D eigenvalue weighted by Gasteiger charge is -2.32. The average molecular weight is 233 g/mol. The van der Waals surface area contributed by atoms with E-state index in [1.54, 1.807) is 0 Å². The summed E-state index contributed by atoms with van der Waals surface area (Å²) in [5.74, 6) is 1.46. The summed E-state index contributed by atoms with van der Waals surface area (Å²) < 4.78 is 0. The number of carbonyl (C=O) groups is 1. The monoisotopic (exact) mass is 232 g/mol. The van der Waals surface area contributed by atoms with Crippen molar-refractivity contribution in [3.8, 4) is 0 Å². The molecule has 2 saturated heterocycles. The first-order valence-corrected chi connectivity index (χ1v) is 5.77. The molecule has 1 amide bonds. The summed E-state index contributed by atoms with van der Waals surface area (Å²) in [6.07, 6.45) is 3.41. The van der Waals surface area contributed by atoms with Gasteiger partial charge in [-0.25, -0.2) is 0 Å². The minimum atomic E-state index is 0. The van der Waals surface area contributed by atoms with Crippen molar-refractivity contribution in [3.63, 3.8) is 0 Å². The molecule has 0 spiro atoms. The van der Waals surface area contributed by atoms with Gasteiger partial charge in [-0.3, -0.25) is 4.79 Å². The van der Waals surface area contributed by atoms with Crippen LogP contribution in [0.3, 0.4) is 0 Å². The third-order valence-corrected chi connectivity index (χ3v) is 3.50. The molecule has 88 valence electrons. The van der Waals surface area contributed by atoms with Gasteiger partial charge in [-0.1, -0.05) is 6.92 Å². The number of rotatable bonds is 1. The van der Waals surface area contributed by atoms with Crippen LogP contribution in [0.4, 0.5) is 0 Å². The summed E-state index contributed by atoms with van der Waals surface area (Å²) in [4.78, 5) is 14.1. The Morgan fingerprint density at radius 1 is 1.27 bits per heavy atom. The van der Waals surface area contributed by atoms with Crippen molar-refractivity contribution in [2.24, 2.45) is 11.8 Å². The van der Waals surface area contributed by atoms with Gasteiger partial charge in [-0.2, -0.15) is 0 Å². The second-order valence-corrected chi connectivity index (χ2v) is 4.70. The molecule has 2 fully saturated rings. The first kappa shape index (κ1) is 12.8. The zero-order chi connectivity index (χ0) is 9.97. The molecule has 0 bridgehead atoms. The van der Waals surface area contributed by atoms with Crippen LogP contribution in [0.25, 0.3) is 0 Å². The molecule has 0 aromatic rings. The number of halogens is 1. The molecule has 0 aromatic heterocycles. The molecule has 3 nitrogen and oxygen atoms in total. The fourth-order valence-corrected chi connectivity index (χ4v) is 2.35. The van der Waals surface area contributed by atoms with Gasteiger partial charge in [0.2, 0.25) is 5.91 Å². The topological polar surface area (TPSA) is 32.3 Å². The second kappa shape index (κ2) is 5.71. The van der Waals surface area contributed by atoms with Gasteiger partial charge >= 0.3 is 0 Å². The van der Waals surface area contributed by atoms with E-state index in [4.69, 9.17) is 0 Å². The van der Waals surface area contributed by atoms with Gasteiger partial charge in [-0.15, -0.1) is 12.4 Å². The molecule has 0 aromatic carbocycles. The van der Waals surface area contributed by atoms with E-state index in [2.05, 4.69) is 17.1 Å². The summed E-state index contributed by atoms with van der Waals surface area (Å²) in [7, 11) is 0. The zero-order valence-electron chi connectivity index (χ0n) is 9.37. The lowest BCUT2D eigenvalue weighted by atomic mass is 9.97. The third kappa shape index (κ3) is 3.08. The van der Waals surface area contributed by atoms with Crippen molar-refractivity contribution in [2.75, 3.05) is 26.2 Å². The fraction of sp³-hybridized carbons (Fsp3) is 0.909. The predicted octanol–water partition coefficient (Wildman–Crippen LogP) is 1.28. The van der Waals surface area contributed by atoms with Crippen molar-refractivity contribution < 1.29 is 4.79 Å². The largest absolute Gasteiger partial charge is 0.342 e. The Kier molecular flexibility index (Phi) is 4.87. The van der Waals surface area contributed by atoms with Gasteiger partial charge in [0.15, 0.2) is 0 Å². The molecule has 0 unspecified atom stereocenters. The molecule has 15 heavy (non-hydrogen) atoms. The van der Waals surface area contributed by atoms with Crippen molar-refractivity contribution >= 4 is 18.3 Å². The van der Waals surface area contributed by atoms with Crippen LogP contribution in [-0.2, 0) is 4.79 Å². The molecular weight excluding hydrogens is 212 g/mol. The molecule has 0 aliphatic carbocycles. The molecule has 1 N–H and O–H groups in total. The van der Waals surface area contributed by atoms with Gasteiger partial charge in [0.05, 0.1) is 5.92 Å². The lowest BCUT2D eigenvalue weighted by molar-refractivity contribution is -0.136. The van der Waals surface area contributed by atoms with E-state index in [1.807, 2.05) is 0 Å². The van der Waals surface area contributed by atoms with Crippen LogP contribution in [-0.4, -0.2) is 37.0 Å². The van der Waals surface area contributed by atoms with Gasteiger partial charge in [0.1, 0.15) is 0 Å². The highest BCUT2D eigenvalue weighted by Crippen LogP contribution is 2.19. The van der Waals surface area contributed by atoms with Gasteiger partial charge in [-0.05, 0) is 31.7 Å². The van der Waals surface area contributed by atoms with Crippen LogP contribution >= 0.6 is 12.4 Å². The Labute approximate surface area is 98.0 Å². The molecule has 2 rings (SSSR count). The van der Waals surface area contributed by atoms with E-state index in [0.29, 0.717) is 5.91 Å². The van der Waals surface area contributed by atoms with Crippen molar-refractivity contribution in [2.45, 2.75) is 26.2 Å². The Bertz CT molecular complexity index is 209. The first-order chi connectivity index (χ1) is 6.77. The summed E-state index contributed by atoms with van der Waals surface area (Å²) >= 11 is 0. The van der Waals surface area contributed by atoms with Crippen LogP contribution in [0.5, 0.6) is 0 Å². The lowest BCUT2D eigenvalue weighted by Crippen LogP contribution is -2.41. The smallest absolute Gasteiger partial charge is 0.227 e. The molecule has 4 heteroatoms. The number of hydrogen-bond donors (Lipinski definition) is 1. The van der Waals surface area contributed by atoms with Crippen molar-refractivity contribution in [3.05, 3.63) is 0 Å². The summed E-state index contributed by atoms with van der Waals surface area (Å²) in [5, 5.41) is 3.25. The zero-order valence-corrected chi connectivity index (χ0v) is 10.2. The van der Waals surface area contributed by atoms with E-state index in [9.17, 15) is 4.79 Å². The SMILES string of the molecule is CC1CCN(C(=O)[C@@H]2CCNC2)CC1.Cl. The number of nitrogens with zero attached hydrogens (tertiary/aromatic N) is 1. The number of likely N-dealkylation sites (tertiary alicyclic amines) is 1. The fourth-order valence-electron chi connectivity index (χ4n) is 2.35. The Hall–Kier alpha value is -0.280. The summed E-state index contributed by atoms with van der Waals surface area (Å²) in [5.41, 5.74) is 0. The Morgan fingerprint density at radius 2 is 1.93 bits per heavy atom. The maximum absolute atomic E-state index is 12.0.